The van der Waals surface area contributed by atoms with Crippen LogP contribution in [0.5, 0.6) is 5.75 Å². The summed E-state index contributed by atoms with van der Waals surface area (Å²) in [5, 5.41) is 20.2. The first-order valence-electron chi connectivity index (χ1n) is 5.87. The molecule has 0 bridgehead atoms. The number of phenols is 1. The average Bonchev–Trinajstić information content (AvgIpc) is 2.31. The molecule has 0 amide bonds. The van der Waals surface area contributed by atoms with Gasteiger partial charge in [-0.3, -0.25) is 4.79 Å². The van der Waals surface area contributed by atoms with E-state index in [0.29, 0.717) is 5.56 Å². The van der Waals surface area contributed by atoms with Crippen molar-refractivity contribution in [3.63, 3.8) is 0 Å². The zero-order valence-electron chi connectivity index (χ0n) is 10.8. The number of carbonyl (C=O) groups is 1. The lowest BCUT2D eigenvalue weighted by molar-refractivity contribution is -0.151. The molecular formula is C13H17F2NO3. The molecule has 0 aromatic heterocycles. The van der Waals surface area contributed by atoms with Crippen molar-refractivity contribution in [2.75, 3.05) is 0 Å². The van der Waals surface area contributed by atoms with Crippen LogP contribution in [-0.2, 0) is 11.2 Å². The van der Waals surface area contributed by atoms with E-state index < -0.39 is 24.0 Å². The van der Waals surface area contributed by atoms with Crippen LogP contribution >= 0.6 is 0 Å². The van der Waals surface area contributed by atoms with E-state index in [0.717, 1.165) is 0 Å². The third-order valence-electron chi connectivity index (χ3n) is 2.87. The van der Waals surface area contributed by atoms with Crippen molar-refractivity contribution in [3.8, 4) is 5.75 Å². The number of carboxylic acids is 1. The summed E-state index contributed by atoms with van der Waals surface area (Å²) >= 11 is 0. The zero-order valence-corrected chi connectivity index (χ0v) is 10.8. The van der Waals surface area contributed by atoms with Crippen molar-refractivity contribution in [1.29, 1.82) is 0 Å². The van der Waals surface area contributed by atoms with Gasteiger partial charge in [-0.15, -0.1) is 0 Å². The van der Waals surface area contributed by atoms with Crippen molar-refractivity contribution in [2.24, 2.45) is 0 Å². The standard InChI is InChI=1S/C13H17F2NO3/c1-3-13(14,15)16-12(2,11(18)19)8-9-4-6-10(17)7-5-9/h4-7,16-17H,3,8H2,1-2H3,(H,18,19). The lowest BCUT2D eigenvalue weighted by Crippen LogP contribution is -2.58. The maximum Gasteiger partial charge on any atom is 0.324 e. The fraction of sp³-hybridized carbons (Fsp3) is 0.462. The minimum atomic E-state index is -3.25. The van der Waals surface area contributed by atoms with Gasteiger partial charge < -0.3 is 10.2 Å². The van der Waals surface area contributed by atoms with Gasteiger partial charge in [0, 0.05) is 12.8 Å². The Morgan fingerprint density at radius 3 is 2.26 bits per heavy atom. The smallest absolute Gasteiger partial charge is 0.324 e. The van der Waals surface area contributed by atoms with E-state index in [-0.39, 0.29) is 12.2 Å². The Labute approximate surface area is 110 Å². The molecule has 0 fully saturated rings. The number of alkyl halides is 2. The minimum absolute atomic E-state index is 0.0348. The highest BCUT2D eigenvalue weighted by molar-refractivity contribution is 5.78. The Hall–Kier alpha value is -1.69. The fourth-order valence-electron chi connectivity index (χ4n) is 1.69. The van der Waals surface area contributed by atoms with E-state index in [4.69, 9.17) is 10.2 Å². The third kappa shape index (κ3) is 4.17. The van der Waals surface area contributed by atoms with E-state index in [9.17, 15) is 13.6 Å². The maximum absolute atomic E-state index is 13.4. The van der Waals surface area contributed by atoms with Crippen LogP contribution in [0.4, 0.5) is 8.78 Å². The minimum Gasteiger partial charge on any atom is -0.508 e. The number of hydrogen-bond donors (Lipinski definition) is 3. The van der Waals surface area contributed by atoms with Gasteiger partial charge in [0.2, 0.25) is 0 Å². The normalized spacial score (nSPS) is 14.9. The summed E-state index contributed by atoms with van der Waals surface area (Å²) in [5.41, 5.74) is -1.24. The molecule has 19 heavy (non-hydrogen) atoms. The van der Waals surface area contributed by atoms with Crippen LogP contribution in [-0.4, -0.2) is 27.8 Å². The molecule has 0 aliphatic carbocycles. The van der Waals surface area contributed by atoms with Crippen LogP contribution in [0, 0.1) is 0 Å². The lowest BCUT2D eigenvalue weighted by Gasteiger charge is -2.31. The van der Waals surface area contributed by atoms with Gasteiger partial charge in [-0.1, -0.05) is 19.1 Å². The molecule has 106 valence electrons. The summed E-state index contributed by atoms with van der Waals surface area (Å²) in [6.45, 7) is 2.49. The fourth-order valence-corrected chi connectivity index (χ4v) is 1.69. The van der Waals surface area contributed by atoms with Gasteiger partial charge in [0.15, 0.2) is 0 Å². The molecule has 0 saturated carbocycles. The number of aromatic hydroxyl groups is 1. The average molecular weight is 273 g/mol. The molecule has 1 atom stereocenters. The molecule has 0 spiro atoms. The van der Waals surface area contributed by atoms with Gasteiger partial charge >= 0.3 is 12.0 Å². The SMILES string of the molecule is CCC(F)(F)NC(C)(Cc1ccc(O)cc1)C(=O)O. The molecule has 3 N–H and O–H groups in total. The van der Waals surface area contributed by atoms with E-state index in [1.54, 1.807) is 0 Å². The predicted octanol–water partition coefficient (Wildman–Crippen LogP) is 2.37. The number of phenolic OH excluding ortho intramolecular Hbond substituents is 1. The number of benzene rings is 1. The van der Waals surface area contributed by atoms with E-state index in [2.05, 4.69) is 0 Å². The number of rotatable bonds is 6. The Balaban J connectivity index is 2.94. The monoisotopic (exact) mass is 273 g/mol. The second kappa shape index (κ2) is 5.52. The highest BCUT2D eigenvalue weighted by Gasteiger charge is 2.42. The van der Waals surface area contributed by atoms with Crippen molar-refractivity contribution < 1.29 is 23.8 Å². The molecule has 4 nitrogen and oxygen atoms in total. The van der Waals surface area contributed by atoms with Gasteiger partial charge in [0.1, 0.15) is 11.3 Å². The van der Waals surface area contributed by atoms with Gasteiger partial charge in [-0.25, -0.2) is 5.32 Å². The topological polar surface area (TPSA) is 69.6 Å². The summed E-state index contributed by atoms with van der Waals surface area (Å²) in [6.07, 6.45) is -0.607. The number of aliphatic carboxylic acids is 1. The van der Waals surface area contributed by atoms with Crippen LogP contribution in [0.15, 0.2) is 24.3 Å². The number of nitrogens with one attached hydrogen (secondary N) is 1. The summed E-state index contributed by atoms with van der Waals surface area (Å²) in [5.74, 6) is -1.32. The summed E-state index contributed by atoms with van der Waals surface area (Å²) in [4.78, 5) is 11.2. The molecule has 0 heterocycles. The third-order valence-corrected chi connectivity index (χ3v) is 2.87. The molecule has 0 aliphatic heterocycles. The molecule has 6 heteroatoms. The summed E-state index contributed by atoms with van der Waals surface area (Å²) in [7, 11) is 0. The molecule has 0 aliphatic rings. The Morgan fingerprint density at radius 1 is 1.32 bits per heavy atom. The number of halogens is 2. The van der Waals surface area contributed by atoms with E-state index in [1.807, 2.05) is 5.32 Å². The van der Waals surface area contributed by atoms with Gasteiger partial charge in [-0.05, 0) is 24.6 Å². The highest BCUT2D eigenvalue weighted by Crippen LogP contribution is 2.23. The zero-order chi connectivity index (χ0) is 14.7. The van der Waals surface area contributed by atoms with Crippen LogP contribution in [0.1, 0.15) is 25.8 Å². The van der Waals surface area contributed by atoms with Crippen molar-refractivity contribution in [3.05, 3.63) is 29.8 Å². The van der Waals surface area contributed by atoms with Crippen molar-refractivity contribution in [1.82, 2.24) is 5.32 Å². The summed E-state index contributed by atoms with van der Waals surface area (Å²) in [6, 6.07) is 2.53. The number of carboxylic acid groups (broad SMARTS) is 1. The Morgan fingerprint density at radius 2 is 1.84 bits per heavy atom. The second-order valence-corrected chi connectivity index (χ2v) is 4.66. The molecule has 1 unspecified atom stereocenters. The molecule has 0 saturated heterocycles. The predicted molar refractivity (Wildman–Crippen MR) is 66.2 cm³/mol. The molecule has 1 aromatic rings. The quantitative estimate of drug-likeness (QED) is 0.696. The number of hydrogen-bond acceptors (Lipinski definition) is 3. The van der Waals surface area contributed by atoms with Gasteiger partial charge in [0.05, 0.1) is 0 Å². The van der Waals surface area contributed by atoms with E-state index >= 15 is 0 Å². The maximum atomic E-state index is 13.4. The van der Waals surface area contributed by atoms with Crippen LogP contribution in [0.2, 0.25) is 0 Å². The van der Waals surface area contributed by atoms with Crippen LogP contribution in [0.25, 0.3) is 0 Å². The van der Waals surface area contributed by atoms with Gasteiger partial charge in [0.25, 0.3) is 0 Å². The van der Waals surface area contributed by atoms with Gasteiger partial charge in [-0.2, -0.15) is 8.78 Å². The molecule has 1 aromatic carbocycles. The van der Waals surface area contributed by atoms with Crippen molar-refractivity contribution >= 4 is 5.97 Å². The Kier molecular flexibility index (Phi) is 4.47. The van der Waals surface area contributed by atoms with Crippen LogP contribution in [0.3, 0.4) is 0 Å². The van der Waals surface area contributed by atoms with Crippen LogP contribution < -0.4 is 5.32 Å². The molecular weight excluding hydrogens is 256 g/mol. The first-order valence-corrected chi connectivity index (χ1v) is 5.87. The highest BCUT2D eigenvalue weighted by atomic mass is 19.3. The lowest BCUT2D eigenvalue weighted by atomic mass is 9.92. The first-order chi connectivity index (χ1) is 8.68. The van der Waals surface area contributed by atoms with Crippen molar-refractivity contribution in [2.45, 2.75) is 38.3 Å². The molecule has 1 rings (SSSR count). The largest absolute Gasteiger partial charge is 0.508 e. The molecule has 0 radical (unpaired) electrons. The second-order valence-electron chi connectivity index (χ2n) is 4.66. The first kappa shape index (κ1) is 15.4. The summed E-state index contributed by atoms with van der Waals surface area (Å²) < 4.78 is 26.7. The Bertz CT molecular complexity index is 448. The van der Waals surface area contributed by atoms with E-state index in [1.165, 1.54) is 38.1 Å².